The summed E-state index contributed by atoms with van der Waals surface area (Å²) in [4.78, 5) is 3.88. The Morgan fingerprint density at radius 2 is 2.06 bits per heavy atom. The van der Waals surface area contributed by atoms with Crippen LogP contribution in [0.25, 0.3) is 5.57 Å². The molecular weight excluding hydrogens is 225 g/mol. The predicted octanol–water partition coefficient (Wildman–Crippen LogP) is 4.31. The van der Waals surface area contributed by atoms with E-state index >= 15 is 0 Å². The Morgan fingerprint density at radius 3 is 2.72 bits per heavy atom. The smallest absolute Gasteiger partial charge is 0.142 e. The largest absolute Gasteiger partial charge is 0.261 e. The van der Waals surface area contributed by atoms with E-state index in [0.29, 0.717) is 5.92 Å². The molecule has 1 aromatic heterocycles. The van der Waals surface area contributed by atoms with Crippen LogP contribution in [-0.4, -0.2) is 4.98 Å². The van der Waals surface area contributed by atoms with Crippen molar-refractivity contribution in [3.05, 3.63) is 71.9 Å². The van der Waals surface area contributed by atoms with Crippen LogP contribution in [0.5, 0.6) is 0 Å². The van der Waals surface area contributed by atoms with Gasteiger partial charge in [-0.3, -0.25) is 4.98 Å². The molecule has 0 atom stereocenters. The Kier molecular flexibility index (Phi) is 3.56. The van der Waals surface area contributed by atoms with Crippen LogP contribution in [0.2, 0.25) is 0 Å². The molecule has 0 amide bonds. The van der Waals surface area contributed by atoms with Gasteiger partial charge in [0.15, 0.2) is 0 Å². The highest BCUT2D eigenvalue weighted by atomic mass is 19.1. The molecular formula is C16H16FN. The Morgan fingerprint density at radius 1 is 1.28 bits per heavy atom. The molecule has 1 aliphatic rings. The Hall–Kier alpha value is -1.96. The van der Waals surface area contributed by atoms with Crippen LogP contribution in [0.3, 0.4) is 0 Å². The van der Waals surface area contributed by atoms with Gasteiger partial charge < -0.3 is 0 Å². The third-order valence-electron chi connectivity index (χ3n) is 2.92. The molecule has 0 unspecified atom stereocenters. The lowest BCUT2D eigenvalue weighted by Gasteiger charge is -2.09. The second kappa shape index (κ2) is 5.13. The fourth-order valence-electron chi connectivity index (χ4n) is 1.89. The maximum absolute atomic E-state index is 13.2. The summed E-state index contributed by atoms with van der Waals surface area (Å²) in [5.74, 6) is 0.110. The van der Waals surface area contributed by atoms with E-state index in [0.717, 1.165) is 16.7 Å². The topological polar surface area (TPSA) is 12.9 Å². The number of allylic oxidation sites excluding steroid dienone is 7. The van der Waals surface area contributed by atoms with Crippen LogP contribution < -0.4 is 0 Å². The standard InChI is InChI=1S/C16H16FN/c1-11(2)13-5-4-6-16(12(3)7-13)14-8-15(17)10-18-9-14/h4-11H,3H2,1-2H3. The van der Waals surface area contributed by atoms with Gasteiger partial charge in [-0.05, 0) is 28.7 Å². The van der Waals surface area contributed by atoms with Gasteiger partial charge in [0.2, 0.25) is 0 Å². The van der Waals surface area contributed by atoms with Crippen LogP contribution in [-0.2, 0) is 0 Å². The first-order valence-electron chi connectivity index (χ1n) is 5.98. The van der Waals surface area contributed by atoms with E-state index in [1.54, 1.807) is 6.20 Å². The zero-order chi connectivity index (χ0) is 13.1. The van der Waals surface area contributed by atoms with Crippen molar-refractivity contribution in [1.82, 2.24) is 4.98 Å². The summed E-state index contributed by atoms with van der Waals surface area (Å²) in [5.41, 5.74) is 3.77. The molecule has 0 radical (unpaired) electrons. The molecule has 1 heterocycles. The molecule has 2 heteroatoms. The SMILES string of the molecule is C=C1C=C(C(C)C)C=CC=C1c1cncc(F)c1. The molecule has 2 rings (SSSR count). The minimum atomic E-state index is -0.331. The van der Waals surface area contributed by atoms with Crippen LogP contribution in [0.1, 0.15) is 19.4 Å². The van der Waals surface area contributed by atoms with Crippen LogP contribution in [0.15, 0.2) is 60.5 Å². The van der Waals surface area contributed by atoms with E-state index in [4.69, 9.17) is 0 Å². The highest BCUT2D eigenvalue weighted by Gasteiger charge is 2.09. The van der Waals surface area contributed by atoms with E-state index in [2.05, 4.69) is 31.5 Å². The third-order valence-corrected chi connectivity index (χ3v) is 2.92. The molecule has 1 aliphatic carbocycles. The van der Waals surface area contributed by atoms with Crippen molar-refractivity contribution in [2.45, 2.75) is 13.8 Å². The highest BCUT2D eigenvalue weighted by Crippen LogP contribution is 2.28. The van der Waals surface area contributed by atoms with Gasteiger partial charge >= 0.3 is 0 Å². The van der Waals surface area contributed by atoms with Gasteiger partial charge in [-0.2, -0.15) is 0 Å². The number of nitrogens with zero attached hydrogens (tertiary/aromatic N) is 1. The lowest BCUT2D eigenvalue weighted by molar-refractivity contribution is 0.621. The zero-order valence-electron chi connectivity index (χ0n) is 10.7. The molecule has 0 saturated heterocycles. The maximum Gasteiger partial charge on any atom is 0.142 e. The van der Waals surface area contributed by atoms with Gasteiger partial charge in [0.25, 0.3) is 0 Å². The quantitative estimate of drug-likeness (QED) is 0.751. The number of halogens is 1. The van der Waals surface area contributed by atoms with E-state index in [9.17, 15) is 4.39 Å². The molecule has 0 spiro atoms. The van der Waals surface area contributed by atoms with Gasteiger partial charge in [0, 0.05) is 11.8 Å². The van der Waals surface area contributed by atoms with Gasteiger partial charge in [0.05, 0.1) is 6.20 Å². The maximum atomic E-state index is 13.2. The summed E-state index contributed by atoms with van der Waals surface area (Å²) in [6.45, 7) is 8.33. The van der Waals surface area contributed by atoms with Crippen LogP contribution >= 0.6 is 0 Å². The third kappa shape index (κ3) is 2.65. The summed E-state index contributed by atoms with van der Waals surface area (Å²) in [6.07, 6.45) is 10.9. The van der Waals surface area contributed by atoms with Crippen molar-refractivity contribution in [3.8, 4) is 0 Å². The van der Waals surface area contributed by atoms with E-state index in [1.165, 1.54) is 17.8 Å². The van der Waals surface area contributed by atoms with Gasteiger partial charge in [-0.25, -0.2) is 4.39 Å². The average Bonchev–Trinajstić information content (AvgIpc) is 2.51. The first-order valence-corrected chi connectivity index (χ1v) is 5.98. The summed E-state index contributed by atoms with van der Waals surface area (Å²) >= 11 is 0. The lowest BCUT2D eigenvalue weighted by atomic mass is 9.97. The van der Waals surface area contributed by atoms with Crippen LogP contribution in [0, 0.1) is 11.7 Å². The number of pyridine rings is 1. The van der Waals surface area contributed by atoms with Crippen molar-refractivity contribution in [2.24, 2.45) is 5.92 Å². The summed E-state index contributed by atoms with van der Waals surface area (Å²) in [5, 5.41) is 0. The van der Waals surface area contributed by atoms with Crippen molar-refractivity contribution in [1.29, 1.82) is 0 Å². The van der Waals surface area contributed by atoms with Crippen molar-refractivity contribution >= 4 is 5.57 Å². The second-order valence-electron chi connectivity index (χ2n) is 4.66. The summed E-state index contributed by atoms with van der Waals surface area (Å²) in [6, 6.07) is 1.48. The number of hydrogen-bond acceptors (Lipinski definition) is 1. The Labute approximate surface area is 107 Å². The van der Waals surface area contributed by atoms with E-state index in [-0.39, 0.29) is 5.82 Å². The number of hydrogen-bond donors (Lipinski definition) is 0. The predicted molar refractivity (Wildman–Crippen MR) is 73.4 cm³/mol. The summed E-state index contributed by atoms with van der Waals surface area (Å²) < 4.78 is 13.2. The fraction of sp³-hybridized carbons (Fsp3) is 0.188. The molecule has 1 nitrogen and oxygen atoms in total. The molecule has 0 fully saturated rings. The van der Waals surface area contributed by atoms with Crippen LogP contribution in [0.4, 0.5) is 4.39 Å². The molecule has 0 bridgehead atoms. The van der Waals surface area contributed by atoms with E-state index in [1.807, 2.05) is 18.2 Å². The summed E-state index contributed by atoms with van der Waals surface area (Å²) in [7, 11) is 0. The molecule has 0 saturated carbocycles. The van der Waals surface area contributed by atoms with Crippen molar-refractivity contribution in [3.63, 3.8) is 0 Å². The molecule has 18 heavy (non-hydrogen) atoms. The Balaban J connectivity index is 2.40. The molecule has 92 valence electrons. The minimum absolute atomic E-state index is 0.331. The fourth-order valence-corrected chi connectivity index (χ4v) is 1.89. The minimum Gasteiger partial charge on any atom is -0.261 e. The lowest BCUT2D eigenvalue weighted by Crippen LogP contribution is -1.92. The van der Waals surface area contributed by atoms with Gasteiger partial charge in [-0.15, -0.1) is 0 Å². The molecule has 0 N–H and O–H groups in total. The monoisotopic (exact) mass is 241 g/mol. The zero-order valence-corrected chi connectivity index (χ0v) is 10.7. The highest BCUT2D eigenvalue weighted by molar-refractivity contribution is 5.83. The van der Waals surface area contributed by atoms with Gasteiger partial charge in [0.1, 0.15) is 5.82 Å². The average molecular weight is 241 g/mol. The van der Waals surface area contributed by atoms with E-state index < -0.39 is 0 Å². The van der Waals surface area contributed by atoms with Gasteiger partial charge in [-0.1, -0.05) is 44.7 Å². The Bertz CT molecular complexity index is 562. The number of aromatic nitrogens is 1. The first-order chi connectivity index (χ1) is 8.58. The second-order valence-corrected chi connectivity index (χ2v) is 4.66. The molecule has 0 aromatic carbocycles. The molecule has 0 aliphatic heterocycles. The normalized spacial score (nSPS) is 15.4. The van der Waals surface area contributed by atoms with Crippen molar-refractivity contribution in [2.75, 3.05) is 0 Å². The number of rotatable bonds is 2. The first kappa shape index (κ1) is 12.5. The van der Waals surface area contributed by atoms with Crippen molar-refractivity contribution < 1.29 is 4.39 Å². The molecule has 1 aromatic rings.